The summed E-state index contributed by atoms with van der Waals surface area (Å²) in [5, 5.41) is 5.05. The molecule has 2 heterocycles. The molecule has 0 atom stereocenters. The number of hydrogen-bond acceptors (Lipinski definition) is 5. The van der Waals surface area contributed by atoms with Crippen LogP contribution in [0.25, 0.3) is 6.08 Å². The Labute approximate surface area is 118 Å². The van der Waals surface area contributed by atoms with Gasteiger partial charge in [0.1, 0.15) is 0 Å². The number of nitrogens with one attached hydrogen (secondary N) is 1. The van der Waals surface area contributed by atoms with E-state index in [2.05, 4.69) is 10.3 Å². The number of carbonyl (C=O) groups is 2. The lowest BCUT2D eigenvalue weighted by Crippen LogP contribution is -2.07. The molecule has 0 saturated heterocycles. The molecule has 0 aromatic carbocycles. The van der Waals surface area contributed by atoms with Crippen LogP contribution in [0.4, 0.5) is 5.13 Å². The summed E-state index contributed by atoms with van der Waals surface area (Å²) < 4.78 is 0. The number of anilines is 1. The number of rotatable bonds is 4. The third kappa shape index (κ3) is 3.59. The topological polar surface area (TPSA) is 59.1 Å². The second-order valence-corrected chi connectivity index (χ2v) is 5.81. The van der Waals surface area contributed by atoms with E-state index >= 15 is 0 Å². The van der Waals surface area contributed by atoms with Crippen molar-refractivity contribution in [3.63, 3.8) is 0 Å². The molecule has 0 radical (unpaired) electrons. The van der Waals surface area contributed by atoms with Gasteiger partial charge in [0.25, 0.3) is 0 Å². The maximum Gasteiger partial charge on any atom is 0.250 e. The van der Waals surface area contributed by atoms with Gasteiger partial charge in [-0.1, -0.05) is 17.4 Å². The van der Waals surface area contributed by atoms with Crippen LogP contribution in [0.1, 0.15) is 27.2 Å². The molecule has 1 amide bonds. The third-order valence-electron chi connectivity index (χ3n) is 2.29. The van der Waals surface area contributed by atoms with Gasteiger partial charge in [-0.05, 0) is 24.4 Å². The second kappa shape index (κ2) is 5.90. The highest BCUT2D eigenvalue weighted by molar-refractivity contribution is 7.17. The molecule has 98 valence electrons. The zero-order valence-corrected chi connectivity index (χ0v) is 12.1. The molecule has 0 saturated carbocycles. The molecule has 4 nitrogen and oxygen atoms in total. The summed E-state index contributed by atoms with van der Waals surface area (Å²) in [5.74, 6) is -0.290. The number of nitrogens with zero attached hydrogens (tertiary/aromatic N) is 1. The molecule has 2 aromatic rings. The van der Waals surface area contributed by atoms with E-state index in [0.29, 0.717) is 15.7 Å². The van der Waals surface area contributed by atoms with E-state index < -0.39 is 0 Å². The lowest BCUT2D eigenvalue weighted by molar-refractivity contribution is -0.111. The van der Waals surface area contributed by atoms with Crippen LogP contribution in [0.15, 0.2) is 23.6 Å². The van der Waals surface area contributed by atoms with Crippen molar-refractivity contribution in [3.8, 4) is 0 Å². The molecule has 0 fully saturated rings. The highest BCUT2D eigenvalue weighted by Gasteiger charge is 2.12. The molecule has 0 bridgehead atoms. The van der Waals surface area contributed by atoms with E-state index in [1.807, 2.05) is 17.5 Å². The molecule has 1 N–H and O–H groups in total. The van der Waals surface area contributed by atoms with Crippen molar-refractivity contribution < 1.29 is 9.59 Å². The van der Waals surface area contributed by atoms with Crippen LogP contribution in [0.3, 0.4) is 0 Å². The Hall–Kier alpha value is -1.79. The molecule has 19 heavy (non-hydrogen) atoms. The van der Waals surface area contributed by atoms with Gasteiger partial charge in [0.15, 0.2) is 10.9 Å². The predicted molar refractivity (Wildman–Crippen MR) is 78.8 cm³/mol. The minimum atomic E-state index is -0.253. The normalized spacial score (nSPS) is 10.8. The Kier molecular flexibility index (Phi) is 4.24. The number of thiophene rings is 1. The summed E-state index contributed by atoms with van der Waals surface area (Å²) in [7, 11) is 0. The lowest BCUT2D eigenvalue weighted by Gasteiger charge is -1.94. The Morgan fingerprint density at radius 3 is 2.79 bits per heavy atom. The summed E-state index contributed by atoms with van der Waals surface area (Å²) in [6, 6.07) is 3.85. The van der Waals surface area contributed by atoms with Crippen LogP contribution in [0.2, 0.25) is 0 Å². The fraction of sp³-hybridized carbons (Fsp3) is 0.154. The number of ketones is 1. The van der Waals surface area contributed by atoms with Crippen molar-refractivity contribution in [3.05, 3.63) is 39.0 Å². The van der Waals surface area contributed by atoms with Gasteiger partial charge in [0.2, 0.25) is 5.91 Å². The van der Waals surface area contributed by atoms with Crippen molar-refractivity contribution in [2.45, 2.75) is 13.8 Å². The second-order valence-electron chi connectivity index (χ2n) is 3.83. The molecule has 0 spiro atoms. The quantitative estimate of drug-likeness (QED) is 0.694. The zero-order valence-electron chi connectivity index (χ0n) is 10.5. The maximum absolute atomic E-state index is 11.7. The fourth-order valence-corrected chi connectivity index (χ4v) is 2.95. The molecule has 2 aromatic heterocycles. The van der Waals surface area contributed by atoms with Gasteiger partial charge in [-0.3, -0.25) is 14.9 Å². The summed E-state index contributed by atoms with van der Waals surface area (Å²) in [5.41, 5.74) is 0.648. The smallest absolute Gasteiger partial charge is 0.250 e. The third-order valence-corrected chi connectivity index (χ3v) is 4.30. The number of aryl methyl sites for hydroxylation is 1. The van der Waals surface area contributed by atoms with E-state index in [9.17, 15) is 9.59 Å². The molecule has 2 rings (SSSR count). The first-order valence-electron chi connectivity index (χ1n) is 5.57. The van der Waals surface area contributed by atoms with Gasteiger partial charge in [0, 0.05) is 17.9 Å². The number of aromatic nitrogens is 1. The van der Waals surface area contributed by atoms with Crippen LogP contribution in [0.5, 0.6) is 0 Å². The number of hydrogen-bond donors (Lipinski definition) is 1. The highest BCUT2D eigenvalue weighted by atomic mass is 32.1. The first-order chi connectivity index (χ1) is 9.06. The Morgan fingerprint density at radius 1 is 1.42 bits per heavy atom. The Balaban J connectivity index is 2.03. The molecule has 0 aliphatic heterocycles. The molecule has 0 aliphatic rings. The van der Waals surface area contributed by atoms with Gasteiger partial charge in [-0.25, -0.2) is 4.98 Å². The number of carbonyl (C=O) groups excluding carboxylic acids is 2. The Morgan fingerprint density at radius 2 is 2.21 bits per heavy atom. The summed E-state index contributed by atoms with van der Waals surface area (Å²) in [4.78, 5) is 28.7. The van der Waals surface area contributed by atoms with Crippen LogP contribution in [-0.2, 0) is 4.79 Å². The monoisotopic (exact) mass is 292 g/mol. The summed E-state index contributed by atoms with van der Waals surface area (Å²) in [6.07, 6.45) is 3.20. The lowest BCUT2D eigenvalue weighted by atomic mass is 10.3. The minimum absolute atomic E-state index is 0.0374. The van der Waals surface area contributed by atoms with Gasteiger partial charge in [-0.15, -0.1) is 11.3 Å². The van der Waals surface area contributed by atoms with Gasteiger partial charge >= 0.3 is 0 Å². The van der Waals surface area contributed by atoms with Crippen molar-refractivity contribution in [2.24, 2.45) is 0 Å². The average Bonchev–Trinajstić information content (AvgIpc) is 2.96. The maximum atomic E-state index is 11.7. The molecule has 6 heteroatoms. The average molecular weight is 292 g/mol. The SMILES string of the molecule is CC(=O)c1sc(NC(=O)/C=C/c2cccs2)nc1C. The molecular weight excluding hydrogens is 280 g/mol. The molecular formula is C13H12N2O2S2. The fourth-order valence-electron chi connectivity index (χ4n) is 1.47. The van der Waals surface area contributed by atoms with Crippen LogP contribution >= 0.6 is 22.7 Å². The van der Waals surface area contributed by atoms with E-state index in [1.54, 1.807) is 24.3 Å². The van der Waals surface area contributed by atoms with Gasteiger partial charge < -0.3 is 0 Å². The van der Waals surface area contributed by atoms with Crippen molar-refractivity contribution in [2.75, 3.05) is 5.32 Å². The number of thiazole rings is 1. The first-order valence-corrected chi connectivity index (χ1v) is 7.27. The zero-order chi connectivity index (χ0) is 13.8. The van der Waals surface area contributed by atoms with E-state index in [4.69, 9.17) is 0 Å². The van der Waals surface area contributed by atoms with Crippen molar-refractivity contribution in [1.29, 1.82) is 0 Å². The number of amides is 1. The largest absolute Gasteiger partial charge is 0.298 e. The molecule has 0 aliphatic carbocycles. The Bertz CT molecular complexity index is 627. The first kappa shape index (κ1) is 13.6. The van der Waals surface area contributed by atoms with Gasteiger partial charge in [-0.2, -0.15) is 0 Å². The van der Waals surface area contributed by atoms with E-state index in [1.165, 1.54) is 24.3 Å². The predicted octanol–water partition coefficient (Wildman–Crippen LogP) is 3.37. The van der Waals surface area contributed by atoms with Crippen LogP contribution in [0, 0.1) is 6.92 Å². The molecule has 0 unspecified atom stereocenters. The minimum Gasteiger partial charge on any atom is -0.298 e. The van der Waals surface area contributed by atoms with Crippen molar-refractivity contribution in [1.82, 2.24) is 4.98 Å². The number of Topliss-reactive ketones (excluding diaryl/α,β-unsaturated/α-hetero) is 1. The highest BCUT2D eigenvalue weighted by Crippen LogP contribution is 2.22. The summed E-state index contributed by atoms with van der Waals surface area (Å²) in [6.45, 7) is 3.24. The standard InChI is InChI=1S/C13H12N2O2S2/c1-8-12(9(2)16)19-13(14-8)15-11(17)6-5-10-4-3-7-18-10/h3-7H,1-2H3,(H,14,15,17)/b6-5+. The van der Waals surface area contributed by atoms with E-state index in [-0.39, 0.29) is 11.7 Å². The summed E-state index contributed by atoms with van der Waals surface area (Å²) >= 11 is 2.75. The van der Waals surface area contributed by atoms with E-state index in [0.717, 1.165) is 4.88 Å². The van der Waals surface area contributed by atoms with Crippen LogP contribution in [-0.4, -0.2) is 16.7 Å². The van der Waals surface area contributed by atoms with Crippen LogP contribution < -0.4 is 5.32 Å². The van der Waals surface area contributed by atoms with Gasteiger partial charge in [0.05, 0.1) is 10.6 Å². The van der Waals surface area contributed by atoms with Crippen molar-refractivity contribution >= 4 is 45.6 Å².